The zero-order chi connectivity index (χ0) is 9.10. The van der Waals surface area contributed by atoms with Crippen LogP contribution in [0.15, 0.2) is 53.3 Å². The number of rotatable bonds is 1. The van der Waals surface area contributed by atoms with Gasteiger partial charge in [-0.25, -0.2) is 0 Å². The Morgan fingerprint density at radius 1 is 1.23 bits per heavy atom. The van der Waals surface area contributed by atoms with Gasteiger partial charge in [0.15, 0.2) is 0 Å². The summed E-state index contributed by atoms with van der Waals surface area (Å²) in [5.41, 5.74) is 4.21. The Kier molecular flexibility index (Phi) is 2.36. The SMILES string of the molecule is Brc1cccc(N2C=CC=CN2)c1. The summed E-state index contributed by atoms with van der Waals surface area (Å²) in [7, 11) is 0. The summed E-state index contributed by atoms with van der Waals surface area (Å²) in [4.78, 5) is 0. The van der Waals surface area contributed by atoms with Crippen molar-refractivity contribution in [3.63, 3.8) is 0 Å². The summed E-state index contributed by atoms with van der Waals surface area (Å²) in [6.45, 7) is 0. The molecule has 2 nitrogen and oxygen atoms in total. The number of nitrogens with zero attached hydrogens (tertiary/aromatic N) is 1. The highest BCUT2D eigenvalue weighted by Gasteiger charge is 2.01. The molecule has 1 aliphatic rings. The van der Waals surface area contributed by atoms with Crippen LogP contribution >= 0.6 is 15.9 Å². The first-order valence-electron chi connectivity index (χ1n) is 4.00. The molecular formula is C10H9BrN2. The molecule has 1 heterocycles. The van der Waals surface area contributed by atoms with E-state index in [-0.39, 0.29) is 0 Å². The van der Waals surface area contributed by atoms with E-state index in [0.29, 0.717) is 0 Å². The highest BCUT2D eigenvalue weighted by Crippen LogP contribution is 2.19. The van der Waals surface area contributed by atoms with Crippen LogP contribution in [0.3, 0.4) is 0 Å². The molecule has 0 saturated carbocycles. The molecule has 0 unspecified atom stereocenters. The number of benzene rings is 1. The second-order valence-corrected chi connectivity index (χ2v) is 3.60. The molecule has 0 aliphatic carbocycles. The van der Waals surface area contributed by atoms with Gasteiger partial charge in [0.25, 0.3) is 0 Å². The summed E-state index contributed by atoms with van der Waals surface area (Å²) in [5.74, 6) is 0. The van der Waals surface area contributed by atoms with Crippen molar-refractivity contribution in [2.45, 2.75) is 0 Å². The highest BCUT2D eigenvalue weighted by atomic mass is 79.9. The van der Waals surface area contributed by atoms with Gasteiger partial charge in [-0.2, -0.15) is 0 Å². The summed E-state index contributed by atoms with van der Waals surface area (Å²) in [5, 5.41) is 1.95. The molecule has 0 atom stereocenters. The summed E-state index contributed by atoms with van der Waals surface area (Å²) >= 11 is 3.43. The maximum atomic E-state index is 3.43. The number of anilines is 1. The first kappa shape index (κ1) is 8.38. The molecule has 1 N–H and O–H groups in total. The molecule has 3 heteroatoms. The molecule has 66 valence electrons. The third-order valence-electron chi connectivity index (χ3n) is 1.74. The summed E-state index contributed by atoms with van der Waals surface area (Å²) < 4.78 is 1.08. The van der Waals surface area contributed by atoms with Crippen LogP contribution < -0.4 is 10.4 Å². The van der Waals surface area contributed by atoms with Crippen molar-refractivity contribution < 1.29 is 0 Å². The van der Waals surface area contributed by atoms with Gasteiger partial charge in [-0.05, 0) is 30.4 Å². The average molecular weight is 237 g/mol. The van der Waals surface area contributed by atoms with Crippen molar-refractivity contribution in [1.82, 2.24) is 5.43 Å². The fourth-order valence-corrected chi connectivity index (χ4v) is 1.53. The quantitative estimate of drug-likeness (QED) is 0.807. The van der Waals surface area contributed by atoms with Crippen molar-refractivity contribution >= 4 is 21.6 Å². The first-order chi connectivity index (χ1) is 6.36. The van der Waals surface area contributed by atoms with Crippen LogP contribution in [0.1, 0.15) is 0 Å². The molecule has 1 aliphatic heterocycles. The van der Waals surface area contributed by atoms with Gasteiger partial charge in [0, 0.05) is 16.9 Å². The van der Waals surface area contributed by atoms with Crippen molar-refractivity contribution in [2.24, 2.45) is 0 Å². The van der Waals surface area contributed by atoms with Crippen molar-refractivity contribution in [2.75, 3.05) is 5.01 Å². The highest BCUT2D eigenvalue weighted by molar-refractivity contribution is 9.10. The lowest BCUT2D eigenvalue weighted by atomic mass is 10.3. The number of hydrogen-bond acceptors (Lipinski definition) is 2. The van der Waals surface area contributed by atoms with Gasteiger partial charge >= 0.3 is 0 Å². The molecule has 0 saturated heterocycles. The van der Waals surface area contributed by atoms with E-state index in [1.54, 1.807) is 0 Å². The van der Waals surface area contributed by atoms with Crippen LogP contribution in [0, 0.1) is 0 Å². The van der Waals surface area contributed by atoms with Gasteiger partial charge in [-0.1, -0.05) is 22.0 Å². The Labute approximate surface area is 85.7 Å². The number of halogens is 1. The largest absolute Gasteiger partial charge is 0.302 e. The minimum atomic E-state index is 1.08. The maximum Gasteiger partial charge on any atom is 0.0634 e. The van der Waals surface area contributed by atoms with Crippen molar-refractivity contribution in [3.05, 3.63) is 53.3 Å². The standard InChI is InChI=1S/C10H9BrN2/c11-9-4-3-5-10(8-9)13-7-2-1-6-12-13/h1-8,12H. The molecule has 1 aromatic carbocycles. The molecule has 1 aromatic rings. The van der Waals surface area contributed by atoms with E-state index in [1.165, 1.54) is 0 Å². The Hall–Kier alpha value is -1.22. The maximum absolute atomic E-state index is 3.43. The average Bonchev–Trinajstić information content (AvgIpc) is 2.19. The number of allylic oxidation sites excluding steroid dienone is 2. The molecule has 13 heavy (non-hydrogen) atoms. The van der Waals surface area contributed by atoms with Gasteiger partial charge < -0.3 is 5.43 Å². The third-order valence-corrected chi connectivity index (χ3v) is 2.24. The van der Waals surface area contributed by atoms with Crippen LogP contribution in [0.4, 0.5) is 5.69 Å². The van der Waals surface area contributed by atoms with Crippen molar-refractivity contribution in [3.8, 4) is 0 Å². The van der Waals surface area contributed by atoms with Crippen LogP contribution in [0.25, 0.3) is 0 Å². The van der Waals surface area contributed by atoms with E-state index in [9.17, 15) is 0 Å². The lowest BCUT2D eigenvalue weighted by Crippen LogP contribution is -2.29. The smallest absolute Gasteiger partial charge is 0.0634 e. The normalized spacial score (nSPS) is 14.4. The first-order valence-corrected chi connectivity index (χ1v) is 4.80. The molecule has 0 spiro atoms. The van der Waals surface area contributed by atoms with Crippen LogP contribution in [0.2, 0.25) is 0 Å². The second-order valence-electron chi connectivity index (χ2n) is 2.68. The van der Waals surface area contributed by atoms with Gasteiger partial charge in [-0.3, -0.25) is 5.01 Å². The minimum absolute atomic E-state index is 1.08. The number of nitrogens with one attached hydrogen (secondary N) is 1. The lowest BCUT2D eigenvalue weighted by Gasteiger charge is -2.22. The second kappa shape index (κ2) is 3.66. The van der Waals surface area contributed by atoms with Crippen LogP contribution in [0.5, 0.6) is 0 Å². The van der Waals surface area contributed by atoms with Crippen molar-refractivity contribution in [1.29, 1.82) is 0 Å². The van der Waals surface area contributed by atoms with E-state index in [2.05, 4.69) is 27.4 Å². The Morgan fingerprint density at radius 3 is 2.85 bits per heavy atom. The van der Waals surface area contributed by atoms with E-state index in [0.717, 1.165) is 10.2 Å². The fourth-order valence-electron chi connectivity index (χ4n) is 1.14. The summed E-state index contributed by atoms with van der Waals surface area (Å²) in [6.07, 6.45) is 7.80. The third kappa shape index (κ3) is 1.92. The molecule has 2 rings (SSSR count). The molecule has 0 amide bonds. The summed E-state index contributed by atoms with van der Waals surface area (Å²) in [6, 6.07) is 8.11. The number of hydrazine groups is 1. The van der Waals surface area contributed by atoms with E-state index >= 15 is 0 Å². The molecular weight excluding hydrogens is 228 g/mol. The fraction of sp³-hybridized carbons (Fsp3) is 0. The predicted octanol–water partition coefficient (Wildman–Crippen LogP) is 2.80. The molecule has 0 bridgehead atoms. The van der Waals surface area contributed by atoms with Gasteiger partial charge in [-0.15, -0.1) is 0 Å². The minimum Gasteiger partial charge on any atom is -0.302 e. The van der Waals surface area contributed by atoms with Crippen LogP contribution in [-0.2, 0) is 0 Å². The van der Waals surface area contributed by atoms with E-state index < -0.39 is 0 Å². The molecule has 0 aromatic heterocycles. The zero-order valence-corrected chi connectivity index (χ0v) is 8.53. The van der Waals surface area contributed by atoms with Gasteiger partial charge in [0.2, 0.25) is 0 Å². The van der Waals surface area contributed by atoms with E-state index in [1.807, 2.05) is 47.8 Å². The molecule has 0 radical (unpaired) electrons. The Balaban J connectivity index is 2.25. The predicted molar refractivity (Wildman–Crippen MR) is 58.0 cm³/mol. The number of hydrogen-bond donors (Lipinski definition) is 1. The molecule has 0 fully saturated rings. The van der Waals surface area contributed by atoms with Gasteiger partial charge in [0.1, 0.15) is 0 Å². The monoisotopic (exact) mass is 236 g/mol. The van der Waals surface area contributed by atoms with Gasteiger partial charge in [0.05, 0.1) is 5.69 Å². The lowest BCUT2D eigenvalue weighted by molar-refractivity contribution is 0.867. The zero-order valence-electron chi connectivity index (χ0n) is 6.94. The Morgan fingerprint density at radius 2 is 2.15 bits per heavy atom. The van der Waals surface area contributed by atoms with E-state index in [4.69, 9.17) is 0 Å². The topological polar surface area (TPSA) is 15.3 Å². The van der Waals surface area contributed by atoms with Crippen LogP contribution in [-0.4, -0.2) is 0 Å². The Bertz CT molecular complexity index is 358.